The number of carbonyl (C=O) groups is 1. The topological polar surface area (TPSA) is 74.6 Å². The molecule has 0 atom stereocenters. The minimum atomic E-state index is -0.568. The van der Waals surface area contributed by atoms with Gasteiger partial charge in [-0.2, -0.15) is 5.26 Å². The molecular weight excluding hydrogens is 353 g/mol. The molecule has 0 heterocycles. The van der Waals surface area contributed by atoms with Gasteiger partial charge in [-0.1, -0.05) is 29.3 Å². The molecule has 130 valence electrons. The Morgan fingerprint density at radius 3 is 2.46 bits per heavy atom. The van der Waals surface area contributed by atoms with E-state index in [0.29, 0.717) is 37.0 Å². The first-order valence-electron chi connectivity index (χ1n) is 7.12. The average Bonchev–Trinajstić information content (AvgIpc) is 2.58. The van der Waals surface area contributed by atoms with Crippen molar-refractivity contribution in [2.24, 2.45) is 0 Å². The van der Waals surface area contributed by atoms with Gasteiger partial charge in [0.05, 0.1) is 28.9 Å². The van der Waals surface area contributed by atoms with Crippen LogP contribution in [-0.2, 0) is 14.3 Å². The number of hydrogen-bond acceptors (Lipinski definition) is 5. The Morgan fingerprint density at radius 1 is 1.29 bits per heavy atom. The predicted octanol–water partition coefficient (Wildman–Crippen LogP) is 2.93. The minimum absolute atomic E-state index is 0.0572. The van der Waals surface area contributed by atoms with Crippen molar-refractivity contribution in [2.45, 2.75) is 0 Å². The summed E-state index contributed by atoms with van der Waals surface area (Å²) in [5, 5.41) is 12.4. The van der Waals surface area contributed by atoms with Crippen LogP contribution in [0.25, 0.3) is 0 Å². The number of halogens is 2. The summed E-state index contributed by atoms with van der Waals surface area (Å²) in [5.74, 6) is -0.568. The summed E-state index contributed by atoms with van der Waals surface area (Å²) in [4.78, 5) is 14.1. The highest BCUT2D eigenvalue weighted by atomic mass is 35.5. The molecule has 8 heteroatoms. The first-order valence-corrected chi connectivity index (χ1v) is 7.88. The van der Waals surface area contributed by atoms with E-state index >= 15 is 0 Å². The molecule has 1 amide bonds. The molecule has 0 spiro atoms. The molecular formula is C16H19Cl2N3O3. The van der Waals surface area contributed by atoms with Crippen LogP contribution in [0.5, 0.6) is 0 Å². The van der Waals surface area contributed by atoms with Crippen LogP contribution in [-0.4, -0.2) is 51.3 Å². The highest BCUT2D eigenvalue weighted by Gasteiger charge is 2.14. The van der Waals surface area contributed by atoms with Crippen LogP contribution in [0.1, 0.15) is 0 Å². The van der Waals surface area contributed by atoms with E-state index in [4.69, 9.17) is 32.7 Å². The molecule has 0 fully saturated rings. The molecule has 1 N–H and O–H groups in total. The predicted molar refractivity (Wildman–Crippen MR) is 94.1 cm³/mol. The van der Waals surface area contributed by atoms with Gasteiger partial charge in [0.25, 0.3) is 5.91 Å². The van der Waals surface area contributed by atoms with Crippen molar-refractivity contribution < 1.29 is 14.3 Å². The van der Waals surface area contributed by atoms with Gasteiger partial charge in [0.1, 0.15) is 11.6 Å². The van der Waals surface area contributed by atoms with Crippen molar-refractivity contribution in [3.8, 4) is 6.07 Å². The molecule has 1 aromatic carbocycles. The van der Waals surface area contributed by atoms with E-state index in [0.717, 1.165) is 0 Å². The van der Waals surface area contributed by atoms with Crippen molar-refractivity contribution in [1.82, 2.24) is 4.90 Å². The summed E-state index contributed by atoms with van der Waals surface area (Å²) in [6.45, 7) is 1.97. The summed E-state index contributed by atoms with van der Waals surface area (Å²) in [6.07, 6.45) is 1.48. The molecule has 1 aromatic rings. The number of anilines is 1. The zero-order valence-electron chi connectivity index (χ0n) is 13.5. The summed E-state index contributed by atoms with van der Waals surface area (Å²) in [7, 11) is 3.16. The number of nitriles is 1. The van der Waals surface area contributed by atoms with E-state index in [-0.39, 0.29) is 10.6 Å². The lowest BCUT2D eigenvalue weighted by molar-refractivity contribution is -0.112. The second kappa shape index (κ2) is 10.9. The molecule has 24 heavy (non-hydrogen) atoms. The third kappa shape index (κ3) is 6.38. The number of carbonyl (C=O) groups excluding carboxylic acids is 1. The first-order chi connectivity index (χ1) is 11.5. The molecule has 1 rings (SSSR count). The van der Waals surface area contributed by atoms with E-state index in [2.05, 4.69) is 5.32 Å². The van der Waals surface area contributed by atoms with E-state index in [1.165, 1.54) is 6.20 Å². The van der Waals surface area contributed by atoms with Gasteiger partial charge < -0.3 is 19.7 Å². The Balaban J connectivity index is 2.89. The maximum absolute atomic E-state index is 12.3. The van der Waals surface area contributed by atoms with Crippen molar-refractivity contribution in [3.05, 3.63) is 40.0 Å². The van der Waals surface area contributed by atoms with Gasteiger partial charge in [0.15, 0.2) is 0 Å². The SMILES string of the molecule is COCCN(/C=C(/C#N)C(=O)Nc1cccc(Cl)c1Cl)CCOC. The Morgan fingerprint density at radius 2 is 1.92 bits per heavy atom. The molecule has 0 aliphatic heterocycles. The van der Waals surface area contributed by atoms with E-state index < -0.39 is 5.91 Å². The van der Waals surface area contributed by atoms with Gasteiger partial charge in [0.2, 0.25) is 0 Å². The molecule has 0 saturated carbocycles. The molecule has 0 radical (unpaired) electrons. The van der Waals surface area contributed by atoms with Gasteiger partial charge in [-0.25, -0.2) is 0 Å². The Bertz CT molecular complexity index is 621. The number of hydrogen-bond donors (Lipinski definition) is 1. The summed E-state index contributed by atoms with van der Waals surface area (Å²) in [5.41, 5.74) is 0.286. The quantitative estimate of drug-likeness (QED) is 0.533. The van der Waals surface area contributed by atoms with Crippen LogP contribution in [0.3, 0.4) is 0 Å². The van der Waals surface area contributed by atoms with Crippen LogP contribution in [0, 0.1) is 11.3 Å². The minimum Gasteiger partial charge on any atom is -0.383 e. The van der Waals surface area contributed by atoms with E-state index in [9.17, 15) is 10.1 Å². The van der Waals surface area contributed by atoms with Crippen LogP contribution in [0.15, 0.2) is 30.0 Å². The average molecular weight is 372 g/mol. The van der Waals surface area contributed by atoms with Crippen molar-refractivity contribution >= 4 is 34.8 Å². The first kappa shape index (κ1) is 20.3. The number of methoxy groups -OCH3 is 2. The second-order valence-corrected chi connectivity index (χ2v) is 5.52. The number of nitrogens with zero attached hydrogens (tertiary/aromatic N) is 2. The third-order valence-electron chi connectivity index (χ3n) is 3.04. The zero-order chi connectivity index (χ0) is 17.9. The number of benzene rings is 1. The molecule has 0 saturated heterocycles. The Hall–Kier alpha value is -1.78. The molecule has 0 bridgehead atoms. The molecule has 0 unspecified atom stereocenters. The van der Waals surface area contributed by atoms with Gasteiger partial charge in [-0.3, -0.25) is 4.79 Å². The monoisotopic (exact) mass is 371 g/mol. The lowest BCUT2D eigenvalue weighted by Gasteiger charge is -2.20. The van der Waals surface area contributed by atoms with Gasteiger partial charge in [-0.05, 0) is 12.1 Å². The second-order valence-electron chi connectivity index (χ2n) is 4.73. The third-order valence-corrected chi connectivity index (χ3v) is 3.86. The number of ether oxygens (including phenoxy) is 2. The van der Waals surface area contributed by atoms with Crippen LogP contribution < -0.4 is 5.32 Å². The Kier molecular flexibility index (Phi) is 9.20. The largest absolute Gasteiger partial charge is 0.383 e. The number of amides is 1. The van der Waals surface area contributed by atoms with E-state index in [1.807, 2.05) is 6.07 Å². The van der Waals surface area contributed by atoms with Crippen molar-refractivity contribution in [2.75, 3.05) is 45.8 Å². The Labute approximate surface area is 151 Å². The number of nitrogens with one attached hydrogen (secondary N) is 1. The fourth-order valence-corrected chi connectivity index (χ4v) is 2.12. The summed E-state index contributed by atoms with van der Waals surface area (Å²) < 4.78 is 10.1. The molecule has 0 aliphatic rings. The maximum Gasteiger partial charge on any atom is 0.267 e. The van der Waals surface area contributed by atoms with Crippen LogP contribution in [0.2, 0.25) is 10.0 Å². The fourth-order valence-electron chi connectivity index (χ4n) is 1.77. The molecule has 0 aliphatic carbocycles. The van der Waals surface area contributed by atoms with Crippen molar-refractivity contribution in [3.63, 3.8) is 0 Å². The van der Waals surface area contributed by atoms with Crippen LogP contribution >= 0.6 is 23.2 Å². The summed E-state index contributed by atoms with van der Waals surface area (Å²) >= 11 is 11.9. The lowest BCUT2D eigenvalue weighted by atomic mass is 10.2. The smallest absolute Gasteiger partial charge is 0.267 e. The summed E-state index contributed by atoms with van der Waals surface area (Å²) in [6, 6.07) is 6.76. The van der Waals surface area contributed by atoms with Crippen molar-refractivity contribution in [1.29, 1.82) is 5.26 Å². The fraction of sp³-hybridized carbons (Fsp3) is 0.375. The standard InChI is InChI=1S/C16H19Cl2N3O3/c1-23-8-6-21(7-9-24-2)11-12(10-19)16(22)20-14-5-3-4-13(17)15(14)18/h3-5,11H,6-9H2,1-2H3,(H,20,22)/b12-11-. The molecule has 6 nitrogen and oxygen atoms in total. The zero-order valence-corrected chi connectivity index (χ0v) is 15.0. The maximum atomic E-state index is 12.3. The van der Waals surface area contributed by atoms with Gasteiger partial charge in [-0.15, -0.1) is 0 Å². The lowest BCUT2D eigenvalue weighted by Crippen LogP contribution is -2.27. The van der Waals surface area contributed by atoms with E-state index in [1.54, 1.807) is 37.3 Å². The normalized spacial score (nSPS) is 11.0. The highest BCUT2D eigenvalue weighted by Crippen LogP contribution is 2.29. The van der Waals surface area contributed by atoms with Gasteiger partial charge in [0, 0.05) is 33.5 Å². The number of rotatable bonds is 9. The van der Waals surface area contributed by atoms with Crippen LogP contribution in [0.4, 0.5) is 5.69 Å². The van der Waals surface area contributed by atoms with Gasteiger partial charge >= 0.3 is 0 Å². The highest BCUT2D eigenvalue weighted by molar-refractivity contribution is 6.44. The molecule has 0 aromatic heterocycles.